The molecular weight excluding hydrogens is 268 g/mol. The van der Waals surface area contributed by atoms with E-state index in [4.69, 9.17) is 5.11 Å². The van der Waals surface area contributed by atoms with Crippen molar-refractivity contribution in [2.75, 3.05) is 6.54 Å². The highest BCUT2D eigenvalue weighted by Gasteiger charge is 2.44. The molecule has 0 spiro atoms. The second-order valence-electron chi connectivity index (χ2n) is 4.68. The Morgan fingerprint density at radius 1 is 1.25 bits per heavy atom. The van der Waals surface area contributed by atoms with Gasteiger partial charge in [0.05, 0.1) is 6.42 Å². The number of rotatable bonds is 6. The van der Waals surface area contributed by atoms with Crippen molar-refractivity contribution >= 4 is 11.9 Å². The maximum atomic E-state index is 14.1. The van der Waals surface area contributed by atoms with Crippen molar-refractivity contribution < 1.29 is 23.5 Å². The molecule has 0 aromatic heterocycles. The topological polar surface area (TPSA) is 57.6 Å². The molecule has 1 N–H and O–H groups in total. The Kier molecular flexibility index (Phi) is 5.19. The summed E-state index contributed by atoms with van der Waals surface area (Å²) in [6.45, 7) is 2.90. The van der Waals surface area contributed by atoms with Gasteiger partial charge in [-0.2, -0.15) is 8.78 Å². The summed E-state index contributed by atoms with van der Waals surface area (Å²) in [5.74, 6) is -6.17. The summed E-state index contributed by atoms with van der Waals surface area (Å²) in [6.07, 6.45) is -0.366. The molecule has 0 aliphatic heterocycles. The van der Waals surface area contributed by atoms with Crippen LogP contribution in [0.2, 0.25) is 0 Å². The molecule has 0 aliphatic rings. The highest BCUT2D eigenvalue weighted by molar-refractivity contribution is 5.85. The first kappa shape index (κ1) is 16.1. The summed E-state index contributed by atoms with van der Waals surface area (Å²) in [5, 5.41) is 8.62. The second-order valence-corrected chi connectivity index (χ2v) is 4.68. The van der Waals surface area contributed by atoms with Crippen LogP contribution in [-0.4, -0.2) is 34.5 Å². The molecule has 0 bridgehead atoms. The molecule has 1 aromatic rings. The molecule has 0 atom stereocenters. The number of carbonyl (C=O) groups excluding carboxylic acids is 1. The molecule has 0 aliphatic carbocycles. The molecule has 1 amide bonds. The van der Waals surface area contributed by atoms with Gasteiger partial charge in [-0.05, 0) is 13.8 Å². The highest BCUT2D eigenvalue weighted by atomic mass is 19.3. The van der Waals surface area contributed by atoms with Crippen LogP contribution in [0.3, 0.4) is 0 Å². The lowest BCUT2D eigenvalue weighted by Crippen LogP contribution is -2.46. The molecule has 0 heterocycles. The van der Waals surface area contributed by atoms with Gasteiger partial charge in [-0.3, -0.25) is 9.59 Å². The van der Waals surface area contributed by atoms with E-state index in [-0.39, 0.29) is 13.0 Å². The number of carboxylic acid groups (broad SMARTS) is 1. The Morgan fingerprint density at radius 2 is 1.80 bits per heavy atom. The fourth-order valence-electron chi connectivity index (χ4n) is 1.76. The van der Waals surface area contributed by atoms with Crippen LogP contribution in [0, 0.1) is 0 Å². The van der Waals surface area contributed by atoms with Crippen molar-refractivity contribution in [2.45, 2.75) is 32.2 Å². The van der Waals surface area contributed by atoms with E-state index >= 15 is 0 Å². The lowest BCUT2D eigenvalue weighted by molar-refractivity contribution is -0.161. The zero-order valence-electron chi connectivity index (χ0n) is 11.3. The Balaban J connectivity index is 2.96. The third-order valence-corrected chi connectivity index (χ3v) is 2.86. The SMILES string of the molecule is CC(C)N(CCC(=O)O)C(=O)C(F)(F)c1ccccc1. The van der Waals surface area contributed by atoms with Gasteiger partial charge in [-0.25, -0.2) is 0 Å². The van der Waals surface area contributed by atoms with Crippen LogP contribution < -0.4 is 0 Å². The van der Waals surface area contributed by atoms with Gasteiger partial charge in [-0.1, -0.05) is 30.3 Å². The van der Waals surface area contributed by atoms with E-state index in [1.807, 2.05) is 0 Å². The van der Waals surface area contributed by atoms with Crippen LogP contribution >= 0.6 is 0 Å². The number of hydrogen-bond donors (Lipinski definition) is 1. The van der Waals surface area contributed by atoms with Crippen LogP contribution in [0.5, 0.6) is 0 Å². The van der Waals surface area contributed by atoms with Crippen molar-refractivity contribution in [3.8, 4) is 0 Å². The summed E-state index contributed by atoms with van der Waals surface area (Å²) in [5.41, 5.74) is -0.397. The first-order valence-electron chi connectivity index (χ1n) is 6.23. The second kappa shape index (κ2) is 6.45. The normalized spacial score (nSPS) is 11.4. The Labute approximate surface area is 116 Å². The molecule has 1 aromatic carbocycles. The molecule has 1 rings (SSSR count). The Bertz CT molecular complexity index is 475. The minimum Gasteiger partial charge on any atom is -0.481 e. The molecule has 6 heteroatoms. The summed E-state index contributed by atoms with van der Waals surface area (Å²) < 4.78 is 28.3. The number of aliphatic carboxylic acids is 1. The number of nitrogens with zero attached hydrogens (tertiary/aromatic N) is 1. The van der Waals surface area contributed by atoms with Gasteiger partial charge in [0.1, 0.15) is 0 Å². The number of halogens is 2. The van der Waals surface area contributed by atoms with E-state index in [9.17, 15) is 18.4 Å². The highest BCUT2D eigenvalue weighted by Crippen LogP contribution is 2.30. The lowest BCUT2D eigenvalue weighted by atomic mass is 10.1. The first-order valence-corrected chi connectivity index (χ1v) is 6.23. The zero-order valence-corrected chi connectivity index (χ0v) is 11.3. The average Bonchev–Trinajstić information content (AvgIpc) is 2.39. The van der Waals surface area contributed by atoms with Crippen molar-refractivity contribution in [3.63, 3.8) is 0 Å². The molecule has 0 unspecified atom stereocenters. The van der Waals surface area contributed by atoms with Crippen LogP contribution in [0.25, 0.3) is 0 Å². The van der Waals surface area contributed by atoms with Gasteiger partial charge < -0.3 is 10.0 Å². The van der Waals surface area contributed by atoms with Gasteiger partial charge in [0.15, 0.2) is 0 Å². The molecule has 0 fully saturated rings. The van der Waals surface area contributed by atoms with Gasteiger partial charge in [-0.15, -0.1) is 0 Å². The van der Waals surface area contributed by atoms with E-state index < -0.39 is 29.4 Å². The van der Waals surface area contributed by atoms with Crippen LogP contribution in [0.15, 0.2) is 30.3 Å². The summed E-state index contributed by atoms with van der Waals surface area (Å²) in [7, 11) is 0. The summed E-state index contributed by atoms with van der Waals surface area (Å²) in [4.78, 5) is 23.4. The molecule has 0 saturated heterocycles. The number of hydrogen-bond acceptors (Lipinski definition) is 2. The minimum atomic E-state index is -3.66. The largest absolute Gasteiger partial charge is 0.481 e. The standard InChI is InChI=1S/C14H17F2NO3/c1-10(2)17(9-8-12(18)19)13(20)14(15,16)11-6-4-3-5-7-11/h3-7,10H,8-9H2,1-2H3,(H,18,19). The van der Waals surface area contributed by atoms with E-state index in [1.165, 1.54) is 24.3 Å². The van der Waals surface area contributed by atoms with E-state index in [2.05, 4.69) is 0 Å². The number of carboxylic acids is 1. The van der Waals surface area contributed by atoms with Gasteiger partial charge in [0.2, 0.25) is 0 Å². The lowest BCUT2D eigenvalue weighted by Gasteiger charge is -2.30. The van der Waals surface area contributed by atoms with Crippen molar-refractivity contribution in [1.82, 2.24) is 4.90 Å². The predicted octanol–water partition coefficient (Wildman–Crippen LogP) is 2.49. The molecule has 0 saturated carbocycles. The maximum Gasteiger partial charge on any atom is 0.349 e. The van der Waals surface area contributed by atoms with Crippen molar-refractivity contribution in [3.05, 3.63) is 35.9 Å². The predicted molar refractivity (Wildman–Crippen MR) is 69.4 cm³/mol. The maximum absolute atomic E-state index is 14.1. The third-order valence-electron chi connectivity index (χ3n) is 2.86. The summed E-state index contributed by atoms with van der Waals surface area (Å²) in [6, 6.07) is 6.27. The fourth-order valence-corrected chi connectivity index (χ4v) is 1.76. The molecule has 20 heavy (non-hydrogen) atoms. The monoisotopic (exact) mass is 285 g/mol. The van der Waals surface area contributed by atoms with Crippen LogP contribution in [0.4, 0.5) is 8.78 Å². The van der Waals surface area contributed by atoms with Crippen molar-refractivity contribution in [1.29, 1.82) is 0 Å². The summed E-state index contributed by atoms with van der Waals surface area (Å²) >= 11 is 0. The number of carbonyl (C=O) groups is 2. The van der Waals surface area contributed by atoms with E-state index in [0.29, 0.717) is 0 Å². The average molecular weight is 285 g/mol. The Hall–Kier alpha value is -1.98. The van der Waals surface area contributed by atoms with Gasteiger partial charge >= 0.3 is 11.9 Å². The van der Waals surface area contributed by atoms with Gasteiger partial charge in [0, 0.05) is 18.2 Å². The van der Waals surface area contributed by atoms with Crippen LogP contribution in [0.1, 0.15) is 25.8 Å². The molecular formula is C14H17F2NO3. The van der Waals surface area contributed by atoms with Crippen molar-refractivity contribution in [2.24, 2.45) is 0 Å². The smallest absolute Gasteiger partial charge is 0.349 e. The molecule has 0 radical (unpaired) electrons. The van der Waals surface area contributed by atoms with E-state index in [0.717, 1.165) is 4.90 Å². The van der Waals surface area contributed by atoms with E-state index in [1.54, 1.807) is 19.9 Å². The van der Waals surface area contributed by atoms with Crippen LogP contribution in [-0.2, 0) is 15.5 Å². The fraction of sp³-hybridized carbons (Fsp3) is 0.429. The number of amides is 1. The number of benzene rings is 1. The zero-order chi connectivity index (χ0) is 15.3. The molecule has 4 nitrogen and oxygen atoms in total. The quantitative estimate of drug-likeness (QED) is 0.873. The third kappa shape index (κ3) is 3.76. The first-order chi connectivity index (χ1) is 9.26. The number of alkyl halides is 2. The molecule has 110 valence electrons. The van der Waals surface area contributed by atoms with Gasteiger partial charge in [0.25, 0.3) is 5.91 Å². The Morgan fingerprint density at radius 3 is 2.25 bits per heavy atom. The minimum absolute atomic E-state index is 0.242.